The summed E-state index contributed by atoms with van der Waals surface area (Å²) in [4.78, 5) is 9.21. The highest BCUT2D eigenvalue weighted by Gasteiger charge is 2.10. The molecule has 124 valence electrons. The number of nitrogens with one attached hydrogen (secondary N) is 2. The normalized spacial score (nSPS) is 13.0. The molecule has 0 fully saturated rings. The van der Waals surface area contributed by atoms with E-state index in [2.05, 4.69) is 74.8 Å². The molecule has 6 heteroatoms. The van der Waals surface area contributed by atoms with Crippen molar-refractivity contribution in [2.75, 3.05) is 6.54 Å². The van der Waals surface area contributed by atoms with Crippen LogP contribution >= 0.6 is 27.3 Å². The molecule has 0 radical (unpaired) electrons. The Labute approximate surface area is 150 Å². The minimum Gasteiger partial charge on any atom is -0.357 e. The summed E-state index contributed by atoms with van der Waals surface area (Å²) >= 11 is 5.30. The number of hydrogen-bond donors (Lipinski definition) is 2. The molecular weight excluding hydrogens is 372 g/mol. The minimum atomic E-state index is 0.157. The van der Waals surface area contributed by atoms with Crippen LogP contribution in [-0.4, -0.2) is 17.5 Å². The first-order valence-electron chi connectivity index (χ1n) is 7.86. The van der Waals surface area contributed by atoms with Gasteiger partial charge in [0.2, 0.25) is 0 Å². The van der Waals surface area contributed by atoms with E-state index in [1.165, 1.54) is 5.56 Å². The first-order chi connectivity index (χ1) is 11.1. The molecule has 0 amide bonds. The Hall–Kier alpha value is -1.40. The van der Waals surface area contributed by atoms with Crippen molar-refractivity contribution in [1.29, 1.82) is 0 Å². The van der Waals surface area contributed by atoms with E-state index in [-0.39, 0.29) is 6.04 Å². The Morgan fingerprint density at radius 2 is 2.13 bits per heavy atom. The Morgan fingerprint density at radius 3 is 2.78 bits per heavy atom. The summed E-state index contributed by atoms with van der Waals surface area (Å²) in [5.41, 5.74) is 2.23. The highest BCUT2D eigenvalue weighted by Crippen LogP contribution is 2.22. The number of halogens is 1. The number of benzene rings is 1. The van der Waals surface area contributed by atoms with E-state index >= 15 is 0 Å². The van der Waals surface area contributed by atoms with Crippen LogP contribution in [0.4, 0.5) is 0 Å². The van der Waals surface area contributed by atoms with Crippen molar-refractivity contribution in [3.8, 4) is 0 Å². The first kappa shape index (κ1) is 17.9. The molecule has 0 aliphatic heterocycles. The summed E-state index contributed by atoms with van der Waals surface area (Å²) in [6.45, 7) is 7.74. The van der Waals surface area contributed by atoms with Gasteiger partial charge in [0.05, 0.1) is 23.3 Å². The predicted octanol–water partition coefficient (Wildman–Crippen LogP) is 4.28. The second-order valence-electron chi connectivity index (χ2n) is 5.17. The molecule has 2 rings (SSSR count). The molecule has 0 saturated heterocycles. The second kappa shape index (κ2) is 9.03. The standard InChI is InChI=1S/C17H23BrN4S/c1-4-16-22-13(11-23-16)10-20-17(19-5-2)21-12(3)14-8-6-7-9-15(14)18/h6-9,11-12H,4-5,10H2,1-3H3,(H2,19,20,21). The largest absolute Gasteiger partial charge is 0.357 e. The van der Waals surface area contributed by atoms with E-state index in [1.54, 1.807) is 11.3 Å². The molecule has 0 spiro atoms. The Bertz CT molecular complexity index is 654. The molecule has 4 nitrogen and oxygen atoms in total. The third kappa shape index (κ3) is 5.32. The summed E-state index contributed by atoms with van der Waals surface area (Å²) in [6.07, 6.45) is 0.978. The lowest BCUT2D eigenvalue weighted by Crippen LogP contribution is -2.38. The van der Waals surface area contributed by atoms with Crippen LogP contribution in [0.25, 0.3) is 0 Å². The van der Waals surface area contributed by atoms with Gasteiger partial charge in [-0.3, -0.25) is 0 Å². The Morgan fingerprint density at radius 1 is 1.35 bits per heavy atom. The fourth-order valence-electron chi connectivity index (χ4n) is 2.17. The van der Waals surface area contributed by atoms with Gasteiger partial charge in [0.25, 0.3) is 0 Å². The van der Waals surface area contributed by atoms with Gasteiger partial charge in [0, 0.05) is 16.4 Å². The first-order valence-corrected chi connectivity index (χ1v) is 9.53. The van der Waals surface area contributed by atoms with Crippen LogP contribution in [0.2, 0.25) is 0 Å². The lowest BCUT2D eigenvalue weighted by molar-refractivity contribution is 0.683. The van der Waals surface area contributed by atoms with E-state index in [9.17, 15) is 0 Å². The maximum atomic E-state index is 4.65. The van der Waals surface area contributed by atoms with Crippen LogP contribution in [0, 0.1) is 0 Å². The van der Waals surface area contributed by atoms with Crippen LogP contribution in [-0.2, 0) is 13.0 Å². The zero-order valence-electron chi connectivity index (χ0n) is 13.8. The maximum absolute atomic E-state index is 4.65. The second-order valence-corrected chi connectivity index (χ2v) is 6.97. The molecule has 1 atom stereocenters. The number of guanidine groups is 1. The molecule has 0 saturated carbocycles. The number of thiazole rings is 1. The van der Waals surface area contributed by atoms with E-state index in [1.807, 2.05) is 12.1 Å². The smallest absolute Gasteiger partial charge is 0.192 e. The van der Waals surface area contributed by atoms with Crippen LogP contribution in [0.15, 0.2) is 39.1 Å². The monoisotopic (exact) mass is 394 g/mol. The van der Waals surface area contributed by atoms with Crippen molar-refractivity contribution in [3.63, 3.8) is 0 Å². The molecule has 0 aliphatic rings. The molecule has 23 heavy (non-hydrogen) atoms. The van der Waals surface area contributed by atoms with E-state index in [0.29, 0.717) is 6.54 Å². The molecule has 2 N–H and O–H groups in total. The number of nitrogens with zero attached hydrogens (tertiary/aromatic N) is 2. The van der Waals surface area contributed by atoms with Crippen molar-refractivity contribution < 1.29 is 0 Å². The minimum absolute atomic E-state index is 0.157. The molecule has 1 heterocycles. The molecule has 0 bridgehead atoms. The lowest BCUT2D eigenvalue weighted by atomic mass is 10.1. The third-order valence-electron chi connectivity index (χ3n) is 3.37. The van der Waals surface area contributed by atoms with Gasteiger partial charge >= 0.3 is 0 Å². The molecule has 1 unspecified atom stereocenters. The summed E-state index contributed by atoms with van der Waals surface area (Å²) in [5, 5.41) is 9.99. The van der Waals surface area contributed by atoms with Crippen molar-refractivity contribution in [2.45, 2.75) is 39.8 Å². The van der Waals surface area contributed by atoms with Gasteiger partial charge in [-0.25, -0.2) is 9.98 Å². The summed E-state index contributed by atoms with van der Waals surface area (Å²) in [5.74, 6) is 0.807. The SMILES string of the molecule is CCNC(=NCc1csc(CC)n1)NC(C)c1ccccc1Br. The number of aromatic nitrogens is 1. The summed E-state index contributed by atoms with van der Waals surface area (Å²) in [7, 11) is 0. The average molecular weight is 395 g/mol. The summed E-state index contributed by atoms with van der Waals surface area (Å²) < 4.78 is 1.10. The average Bonchev–Trinajstić information content (AvgIpc) is 3.01. The quantitative estimate of drug-likeness (QED) is 0.567. The molecule has 0 aliphatic carbocycles. The fourth-order valence-corrected chi connectivity index (χ4v) is 3.54. The van der Waals surface area contributed by atoms with Crippen molar-refractivity contribution in [1.82, 2.24) is 15.6 Å². The number of rotatable bonds is 6. The zero-order valence-corrected chi connectivity index (χ0v) is 16.2. The zero-order chi connectivity index (χ0) is 16.7. The van der Waals surface area contributed by atoms with Crippen LogP contribution < -0.4 is 10.6 Å². The van der Waals surface area contributed by atoms with Gasteiger partial charge in [0.1, 0.15) is 0 Å². The van der Waals surface area contributed by atoms with E-state index in [4.69, 9.17) is 0 Å². The molecular formula is C17H23BrN4S. The topological polar surface area (TPSA) is 49.3 Å². The van der Waals surface area contributed by atoms with Gasteiger partial charge in [-0.15, -0.1) is 11.3 Å². The van der Waals surface area contributed by atoms with Crippen molar-refractivity contribution in [2.24, 2.45) is 4.99 Å². The summed E-state index contributed by atoms with van der Waals surface area (Å²) in [6, 6.07) is 8.39. The van der Waals surface area contributed by atoms with Gasteiger partial charge < -0.3 is 10.6 Å². The Kier molecular flexibility index (Phi) is 7.05. The number of aryl methyl sites for hydroxylation is 1. The fraction of sp³-hybridized carbons (Fsp3) is 0.412. The van der Waals surface area contributed by atoms with Crippen LogP contribution in [0.1, 0.15) is 43.1 Å². The van der Waals surface area contributed by atoms with Gasteiger partial charge in [-0.05, 0) is 31.9 Å². The van der Waals surface area contributed by atoms with Crippen LogP contribution in [0.3, 0.4) is 0 Å². The lowest BCUT2D eigenvalue weighted by Gasteiger charge is -2.19. The highest BCUT2D eigenvalue weighted by molar-refractivity contribution is 9.10. The molecule has 1 aromatic carbocycles. The number of aliphatic imine (C=N–C) groups is 1. The van der Waals surface area contributed by atoms with E-state index < -0.39 is 0 Å². The van der Waals surface area contributed by atoms with Crippen LogP contribution in [0.5, 0.6) is 0 Å². The van der Waals surface area contributed by atoms with Crippen molar-refractivity contribution in [3.05, 3.63) is 50.4 Å². The molecule has 2 aromatic rings. The predicted molar refractivity (Wildman–Crippen MR) is 102 cm³/mol. The molecule has 1 aromatic heterocycles. The van der Waals surface area contributed by atoms with Crippen molar-refractivity contribution >= 4 is 33.2 Å². The van der Waals surface area contributed by atoms with Gasteiger partial charge in [-0.2, -0.15) is 0 Å². The van der Waals surface area contributed by atoms with Gasteiger partial charge in [0.15, 0.2) is 5.96 Å². The van der Waals surface area contributed by atoms with E-state index in [0.717, 1.165) is 34.1 Å². The Balaban J connectivity index is 2.05. The van der Waals surface area contributed by atoms with Gasteiger partial charge in [-0.1, -0.05) is 41.1 Å². The highest BCUT2D eigenvalue weighted by atomic mass is 79.9. The maximum Gasteiger partial charge on any atom is 0.192 e. The third-order valence-corrected chi connectivity index (χ3v) is 5.13. The number of hydrogen-bond acceptors (Lipinski definition) is 3.